The first-order valence-corrected chi connectivity index (χ1v) is 5.56. The van der Waals surface area contributed by atoms with Gasteiger partial charge in [0.2, 0.25) is 5.91 Å². The fourth-order valence-corrected chi connectivity index (χ4v) is 1.66. The highest BCUT2D eigenvalue weighted by atomic mass is 35.5. The molecular formula is C12H12ClN3O. The maximum Gasteiger partial charge on any atom is 0.239 e. The van der Waals surface area contributed by atoms with E-state index in [1.54, 1.807) is 36.1 Å². The summed E-state index contributed by atoms with van der Waals surface area (Å²) >= 11 is 5.83. The first-order valence-electron chi connectivity index (χ1n) is 5.18. The van der Waals surface area contributed by atoms with Gasteiger partial charge in [-0.2, -0.15) is 0 Å². The van der Waals surface area contributed by atoms with Gasteiger partial charge in [-0.05, 0) is 24.3 Å². The van der Waals surface area contributed by atoms with Crippen LogP contribution in [0.4, 0.5) is 0 Å². The minimum Gasteiger partial charge on any atom is -0.358 e. The molecular weight excluding hydrogens is 238 g/mol. The number of carbonyl (C=O) groups is 1. The van der Waals surface area contributed by atoms with E-state index in [0.717, 1.165) is 11.4 Å². The van der Waals surface area contributed by atoms with Crippen LogP contribution in [0.1, 0.15) is 0 Å². The van der Waals surface area contributed by atoms with Crippen molar-refractivity contribution in [2.24, 2.45) is 0 Å². The van der Waals surface area contributed by atoms with E-state index >= 15 is 0 Å². The van der Waals surface area contributed by atoms with Crippen molar-refractivity contribution < 1.29 is 4.79 Å². The Hall–Kier alpha value is -1.81. The number of likely N-dealkylation sites (N-methyl/N-ethyl adjacent to an activating group) is 1. The van der Waals surface area contributed by atoms with Crippen molar-refractivity contribution in [3.63, 3.8) is 0 Å². The van der Waals surface area contributed by atoms with Gasteiger partial charge < -0.3 is 9.88 Å². The molecule has 1 N–H and O–H groups in total. The van der Waals surface area contributed by atoms with Gasteiger partial charge in [0.25, 0.3) is 0 Å². The fourth-order valence-electron chi connectivity index (χ4n) is 1.53. The molecule has 5 heteroatoms. The molecule has 1 amide bonds. The highest BCUT2D eigenvalue weighted by Gasteiger charge is 2.08. The Balaban J connectivity index is 2.30. The van der Waals surface area contributed by atoms with Crippen molar-refractivity contribution in [2.45, 2.75) is 6.54 Å². The topological polar surface area (TPSA) is 46.9 Å². The van der Waals surface area contributed by atoms with Crippen LogP contribution in [0.2, 0.25) is 5.02 Å². The lowest BCUT2D eigenvalue weighted by Gasteiger charge is -2.06. The predicted molar refractivity (Wildman–Crippen MR) is 66.7 cm³/mol. The van der Waals surface area contributed by atoms with Crippen LogP contribution in [0.5, 0.6) is 0 Å². The molecule has 0 saturated heterocycles. The number of rotatable bonds is 3. The molecule has 1 aromatic heterocycles. The van der Waals surface area contributed by atoms with Gasteiger partial charge in [0, 0.05) is 30.0 Å². The van der Waals surface area contributed by atoms with Gasteiger partial charge in [-0.15, -0.1) is 0 Å². The predicted octanol–water partition coefficient (Wildman–Crippen LogP) is 1.95. The third-order valence-electron chi connectivity index (χ3n) is 2.41. The Bertz CT molecular complexity index is 519. The van der Waals surface area contributed by atoms with Gasteiger partial charge in [0.1, 0.15) is 12.4 Å². The van der Waals surface area contributed by atoms with Gasteiger partial charge in [-0.25, -0.2) is 4.98 Å². The van der Waals surface area contributed by atoms with Gasteiger partial charge in [0.05, 0.1) is 0 Å². The average molecular weight is 250 g/mol. The lowest BCUT2D eigenvalue weighted by atomic mass is 10.2. The van der Waals surface area contributed by atoms with Gasteiger partial charge >= 0.3 is 0 Å². The zero-order chi connectivity index (χ0) is 12.3. The maximum absolute atomic E-state index is 11.3. The number of carbonyl (C=O) groups excluding carboxylic acids is 1. The Morgan fingerprint density at radius 3 is 2.76 bits per heavy atom. The summed E-state index contributed by atoms with van der Waals surface area (Å²) in [5.41, 5.74) is 0.934. The van der Waals surface area contributed by atoms with Crippen molar-refractivity contribution in [3.05, 3.63) is 41.7 Å². The summed E-state index contributed by atoms with van der Waals surface area (Å²) in [5.74, 6) is 0.698. The second kappa shape index (κ2) is 5.01. The summed E-state index contributed by atoms with van der Waals surface area (Å²) in [6, 6.07) is 7.36. The molecule has 0 atom stereocenters. The molecule has 0 spiro atoms. The second-order valence-electron chi connectivity index (χ2n) is 3.56. The van der Waals surface area contributed by atoms with Crippen LogP contribution >= 0.6 is 11.6 Å². The normalized spacial score (nSPS) is 10.2. The minimum absolute atomic E-state index is 0.0572. The van der Waals surface area contributed by atoms with Crippen LogP contribution in [0.15, 0.2) is 36.7 Å². The summed E-state index contributed by atoms with van der Waals surface area (Å²) < 4.78 is 1.79. The first-order chi connectivity index (χ1) is 8.20. The van der Waals surface area contributed by atoms with Crippen LogP contribution < -0.4 is 5.32 Å². The number of nitrogens with one attached hydrogen (secondary N) is 1. The van der Waals surface area contributed by atoms with E-state index in [0.29, 0.717) is 5.02 Å². The molecule has 2 rings (SSSR count). The van der Waals surface area contributed by atoms with Gasteiger partial charge in [-0.1, -0.05) is 11.6 Å². The largest absolute Gasteiger partial charge is 0.358 e. The van der Waals surface area contributed by atoms with Crippen LogP contribution in [0.25, 0.3) is 11.4 Å². The number of halogens is 1. The number of nitrogens with zero attached hydrogens (tertiary/aromatic N) is 2. The van der Waals surface area contributed by atoms with Crippen LogP contribution in [-0.2, 0) is 11.3 Å². The molecule has 0 radical (unpaired) electrons. The van der Waals surface area contributed by atoms with E-state index in [4.69, 9.17) is 11.6 Å². The number of hydrogen-bond donors (Lipinski definition) is 1. The molecule has 1 aromatic carbocycles. The standard InChI is InChI=1S/C12H12ClN3O/c1-14-11(17)8-16-7-6-15-12(16)9-2-4-10(13)5-3-9/h2-7H,8H2,1H3,(H,14,17). The van der Waals surface area contributed by atoms with Gasteiger partial charge in [0.15, 0.2) is 0 Å². The average Bonchev–Trinajstić information content (AvgIpc) is 2.78. The quantitative estimate of drug-likeness (QED) is 0.904. The molecule has 2 aromatic rings. The highest BCUT2D eigenvalue weighted by Crippen LogP contribution is 2.19. The SMILES string of the molecule is CNC(=O)Cn1ccnc1-c1ccc(Cl)cc1. The summed E-state index contributed by atoms with van der Waals surface area (Å²) in [5, 5.41) is 3.26. The Morgan fingerprint density at radius 2 is 2.12 bits per heavy atom. The van der Waals surface area contributed by atoms with Crippen molar-refractivity contribution in [2.75, 3.05) is 7.05 Å². The van der Waals surface area contributed by atoms with E-state index < -0.39 is 0 Å². The molecule has 88 valence electrons. The van der Waals surface area contributed by atoms with Crippen LogP contribution in [-0.4, -0.2) is 22.5 Å². The number of aromatic nitrogens is 2. The van der Waals surface area contributed by atoms with Crippen molar-refractivity contribution in [1.82, 2.24) is 14.9 Å². The third-order valence-corrected chi connectivity index (χ3v) is 2.66. The fraction of sp³-hybridized carbons (Fsp3) is 0.167. The van der Waals surface area contributed by atoms with E-state index in [1.807, 2.05) is 12.1 Å². The third kappa shape index (κ3) is 2.65. The second-order valence-corrected chi connectivity index (χ2v) is 4.00. The molecule has 0 aliphatic heterocycles. The number of amides is 1. The molecule has 0 unspecified atom stereocenters. The van der Waals surface area contributed by atoms with Gasteiger partial charge in [-0.3, -0.25) is 4.79 Å². The highest BCUT2D eigenvalue weighted by molar-refractivity contribution is 6.30. The van der Waals surface area contributed by atoms with Crippen molar-refractivity contribution in [1.29, 1.82) is 0 Å². The molecule has 0 aliphatic carbocycles. The Morgan fingerprint density at radius 1 is 1.41 bits per heavy atom. The molecule has 1 heterocycles. The monoisotopic (exact) mass is 249 g/mol. The van der Waals surface area contributed by atoms with Crippen LogP contribution in [0, 0.1) is 0 Å². The Labute approximate surface area is 104 Å². The zero-order valence-corrected chi connectivity index (χ0v) is 10.1. The summed E-state index contributed by atoms with van der Waals surface area (Å²) in [4.78, 5) is 15.6. The number of hydrogen-bond acceptors (Lipinski definition) is 2. The molecule has 4 nitrogen and oxygen atoms in total. The first kappa shape index (κ1) is 11.7. The number of imidazole rings is 1. The minimum atomic E-state index is -0.0572. The smallest absolute Gasteiger partial charge is 0.239 e. The lowest BCUT2D eigenvalue weighted by molar-refractivity contribution is -0.121. The number of benzene rings is 1. The molecule has 17 heavy (non-hydrogen) atoms. The van der Waals surface area contributed by atoms with E-state index in [1.165, 1.54) is 0 Å². The molecule has 0 bridgehead atoms. The molecule has 0 fully saturated rings. The van der Waals surface area contributed by atoms with Crippen molar-refractivity contribution in [3.8, 4) is 11.4 Å². The summed E-state index contributed by atoms with van der Waals surface area (Å²) in [7, 11) is 1.61. The zero-order valence-electron chi connectivity index (χ0n) is 9.35. The maximum atomic E-state index is 11.3. The molecule has 0 saturated carbocycles. The summed E-state index contributed by atoms with van der Waals surface area (Å²) in [6.45, 7) is 0.258. The van der Waals surface area contributed by atoms with E-state index in [9.17, 15) is 4.79 Å². The molecule has 0 aliphatic rings. The Kier molecular flexibility index (Phi) is 3.44. The lowest BCUT2D eigenvalue weighted by Crippen LogP contribution is -2.23. The summed E-state index contributed by atoms with van der Waals surface area (Å²) in [6.07, 6.45) is 3.45. The van der Waals surface area contributed by atoms with Crippen molar-refractivity contribution >= 4 is 17.5 Å². The van der Waals surface area contributed by atoms with E-state index in [2.05, 4.69) is 10.3 Å². The van der Waals surface area contributed by atoms with E-state index in [-0.39, 0.29) is 12.5 Å². The van der Waals surface area contributed by atoms with Crippen LogP contribution in [0.3, 0.4) is 0 Å².